The summed E-state index contributed by atoms with van der Waals surface area (Å²) in [6.07, 6.45) is 3.91. The van der Waals surface area contributed by atoms with Crippen LogP contribution < -0.4 is 10.2 Å². The SMILES string of the molecule is CN(C)c1ccc(CC(CO)Nc2ccncn2)cc1. The van der Waals surface area contributed by atoms with Crippen LogP contribution >= 0.6 is 0 Å². The lowest BCUT2D eigenvalue weighted by molar-refractivity contribution is 0.273. The highest BCUT2D eigenvalue weighted by molar-refractivity contribution is 5.46. The van der Waals surface area contributed by atoms with E-state index in [1.807, 2.05) is 14.1 Å². The van der Waals surface area contributed by atoms with Crippen LogP contribution in [0, 0.1) is 0 Å². The summed E-state index contributed by atoms with van der Waals surface area (Å²) < 4.78 is 0. The van der Waals surface area contributed by atoms with Crippen LogP contribution in [-0.4, -0.2) is 41.8 Å². The fraction of sp³-hybridized carbons (Fsp3) is 0.333. The molecule has 5 heteroatoms. The van der Waals surface area contributed by atoms with E-state index in [1.54, 1.807) is 12.3 Å². The number of hydrogen-bond acceptors (Lipinski definition) is 5. The fourth-order valence-corrected chi connectivity index (χ4v) is 1.96. The molecule has 1 aromatic heterocycles. The van der Waals surface area contributed by atoms with Crippen molar-refractivity contribution in [3.8, 4) is 0 Å². The maximum absolute atomic E-state index is 9.48. The number of aliphatic hydroxyl groups is 1. The van der Waals surface area contributed by atoms with Crippen LogP contribution in [0.4, 0.5) is 11.5 Å². The largest absolute Gasteiger partial charge is 0.394 e. The molecule has 0 saturated heterocycles. The summed E-state index contributed by atoms with van der Waals surface area (Å²) in [5.74, 6) is 0.726. The summed E-state index contributed by atoms with van der Waals surface area (Å²) in [7, 11) is 4.03. The Kier molecular flexibility index (Phi) is 4.90. The van der Waals surface area contributed by atoms with Gasteiger partial charge in [0.05, 0.1) is 12.6 Å². The third-order valence-corrected chi connectivity index (χ3v) is 3.09. The fourth-order valence-electron chi connectivity index (χ4n) is 1.96. The molecule has 0 fully saturated rings. The second-order valence-corrected chi connectivity index (χ2v) is 4.88. The molecule has 20 heavy (non-hydrogen) atoms. The molecular weight excluding hydrogens is 252 g/mol. The summed E-state index contributed by atoms with van der Waals surface area (Å²) in [6.45, 7) is 0.0550. The second kappa shape index (κ2) is 6.86. The average Bonchev–Trinajstić information content (AvgIpc) is 2.48. The van der Waals surface area contributed by atoms with Crippen LogP contribution in [0.5, 0.6) is 0 Å². The first-order valence-corrected chi connectivity index (χ1v) is 6.58. The van der Waals surface area contributed by atoms with Gasteiger partial charge in [0.15, 0.2) is 0 Å². The van der Waals surface area contributed by atoms with Crippen molar-refractivity contribution < 1.29 is 5.11 Å². The molecule has 1 atom stereocenters. The monoisotopic (exact) mass is 272 g/mol. The molecule has 5 nitrogen and oxygen atoms in total. The number of nitrogens with zero attached hydrogens (tertiary/aromatic N) is 3. The summed E-state index contributed by atoms with van der Waals surface area (Å²) in [6, 6.07) is 10.1. The smallest absolute Gasteiger partial charge is 0.129 e. The van der Waals surface area contributed by atoms with Crippen LogP contribution in [0.3, 0.4) is 0 Å². The van der Waals surface area contributed by atoms with Gasteiger partial charge in [-0.25, -0.2) is 9.97 Å². The first-order chi connectivity index (χ1) is 9.69. The molecule has 0 aliphatic heterocycles. The van der Waals surface area contributed by atoms with Crippen LogP contribution in [0.2, 0.25) is 0 Å². The van der Waals surface area contributed by atoms with E-state index in [1.165, 1.54) is 11.9 Å². The zero-order chi connectivity index (χ0) is 14.4. The number of nitrogens with one attached hydrogen (secondary N) is 1. The van der Waals surface area contributed by atoms with E-state index >= 15 is 0 Å². The van der Waals surface area contributed by atoms with Gasteiger partial charge in [-0.1, -0.05) is 12.1 Å². The Bertz CT molecular complexity index is 513. The molecule has 1 aromatic carbocycles. The second-order valence-electron chi connectivity index (χ2n) is 4.88. The molecule has 1 unspecified atom stereocenters. The Hall–Kier alpha value is -2.14. The predicted molar refractivity (Wildman–Crippen MR) is 81.0 cm³/mol. The molecule has 0 spiro atoms. The van der Waals surface area contributed by atoms with Gasteiger partial charge in [-0.05, 0) is 30.2 Å². The Morgan fingerprint density at radius 2 is 1.95 bits per heavy atom. The number of rotatable bonds is 6. The Labute approximate surface area is 119 Å². The van der Waals surface area contributed by atoms with Crippen molar-refractivity contribution >= 4 is 11.5 Å². The lowest BCUT2D eigenvalue weighted by Gasteiger charge is -2.18. The van der Waals surface area contributed by atoms with Crippen LogP contribution in [0.1, 0.15) is 5.56 Å². The van der Waals surface area contributed by atoms with E-state index in [-0.39, 0.29) is 12.6 Å². The van der Waals surface area contributed by atoms with Crippen LogP contribution in [0.25, 0.3) is 0 Å². The normalized spacial score (nSPS) is 11.9. The van der Waals surface area contributed by atoms with Crippen molar-refractivity contribution in [3.05, 3.63) is 48.4 Å². The maximum Gasteiger partial charge on any atom is 0.129 e. The highest BCUT2D eigenvalue weighted by atomic mass is 16.3. The van der Waals surface area contributed by atoms with Crippen molar-refractivity contribution in [2.75, 3.05) is 30.9 Å². The van der Waals surface area contributed by atoms with Gasteiger partial charge in [0.2, 0.25) is 0 Å². The Balaban J connectivity index is 1.99. The lowest BCUT2D eigenvalue weighted by Crippen LogP contribution is -2.26. The number of anilines is 2. The molecule has 0 radical (unpaired) electrons. The minimum atomic E-state index is -0.0601. The van der Waals surface area contributed by atoms with Crippen molar-refractivity contribution in [1.82, 2.24) is 9.97 Å². The van der Waals surface area contributed by atoms with E-state index in [4.69, 9.17) is 0 Å². The minimum absolute atomic E-state index is 0.0550. The first kappa shape index (κ1) is 14.3. The molecule has 0 aliphatic rings. The van der Waals surface area contributed by atoms with E-state index in [9.17, 15) is 5.11 Å². The average molecular weight is 272 g/mol. The summed E-state index contributed by atoms with van der Waals surface area (Å²) in [5, 5.41) is 12.7. The van der Waals surface area contributed by atoms with Gasteiger partial charge in [0.25, 0.3) is 0 Å². The Morgan fingerprint density at radius 3 is 2.50 bits per heavy atom. The molecule has 0 saturated carbocycles. The van der Waals surface area contributed by atoms with Crippen molar-refractivity contribution in [2.45, 2.75) is 12.5 Å². The number of benzene rings is 1. The van der Waals surface area contributed by atoms with Gasteiger partial charge in [0.1, 0.15) is 12.1 Å². The van der Waals surface area contributed by atoms with Gasteiger partial charge in [-0.2, -0.15) is 0 Å². The van der Waals surface area contributed by atoms with E-state index in [2.05, 4.69) is 44.5 Å². The predicted octanol–water partition coefficient (Wildman–Crippen LogP) is 1.56. The summed E-state index contributed by atoms with van der Waals surface area (Å²) in [4.78, 5) is 10.0. The standard InChI is InChI=1S/C15H20N4O/c1-19(2)14-5-3-12(4-6-14)9-13(10-20)18-15-7-8-16-11-17-15/h3-8,11,13,20H,9-10H2,1-2H3,(H,16,17,18). The quantitative estimate of drug-likeness (QED) is 0.835. The Morgan fingerprint density at radius 1 is 1.20 bits per heavy atom. The zero-order valence-electron chi connectivity index (χ0n) is 11.8. The number of aromatic nitrogens is 2. The topological polar surface area (TPSA) is 61.3 Å². The van der Waals surface area contributed by atoms with Crippen LogP contribution in [-0.2, 0) is 6.42 Å². The third kappa shape index (κ3) is 3.93. The minimum Gasteiger partial charge on any atom is -0.394 e. The van der Waals surface area contributed by atoms with Crippen molar-refractivity contribution in [1.29, 1.82) is 0 Å². The molecule has 1 heterocycles. The van der Waals surface area contributed by atoms with Crippen molar-refractivity contribution in [2.24, 2.45) is 0 Å². The van der Waals surface area contributed by atoms with E-state index in [0.717, 1.165) is 17.9 Å². The zero-order valence-corrected chi connectivity index (χ0v) is 11.8. The van der Waals surface area contributed by atoms with E-state index in [0.29, 0.717) is 0 Å². The molecular formula is C15H20N4O. The number of hydrogen-bond donors (Lipinski definition) is 2. The maximum atomic E-state index is 9.48. The van der Waals surface area contributed by atoms with Crippen LogP contribution in [0.15, 0.2) is 42.9 Å². The van der Waals surface area contributed by atoms with Gasteiger partial charge < -0.3 is 15.3 Å². The summed E-state index contributed by atoms with van der Waals surface area (Å²) >= 11 is 0. The van der Waals surface area contributed by atoms with Gasteiger partial charge in [0, 0.05) is 26.0 Å². The molecule has 2 N–H and O–H groups in total. The number of aliphatic hydroxyl groups excluding tert-OH is 1. The highest BCUT2D eigenvalue weighted by Gasteiger charge is 2.09. The molecule has 2 rings (SSSR count). The highest BCUT2D eigenvalue weighted by Crippen LogP contribution is 2.14. The molecule has 106 valence electrons. The lowest BCUT2D eigenvalue weighted by atomic mass is 10.1. The molecule has 2 aromatic rings. The first-order valence-electron chi connectivity index (χ1n) is 6.58. The summed E-state index contributed by atoms with van der Waals surface area (Å²) in [5.41, 5.74) is 2.34. The third-order valence-electron chi connectivity index (χ3n) is 3.09. The van der Waals surface area contributed by atoms with Crippen molar-refractivity contribution in [3.63, 3.8) is 0 Å². The van der Waals surface area contributed by atoms with E-state index < -0.39 is 0 Å². The van der Waals surface area contributed by atoms with Gasteiger partial charge in [-0.15, -0.1) is 0 Å². The molecule has 0 aliphatic carbocycles. The van der Waals surface area contributed by atoms with Gasteiger partial charge >= 0.3 is 0 Å². The molecule has 0 bridgehead atoms. The molecule has 0 amide bonds. The van der Waals surface area contributed by atoms with Gasteiger partial charge in [-0.3, -0.25) is 0 Å².